The zero-order valence-corrected chi connectivity index (χ0v) is 20.1. The van der Waals surface area contributed by atoms with Crippen molar-refractivity contribution in [1.29, 1.82) is 0 Å². The van der Waals surface area contributed by atoms with Gasteiger partial charge in [-0.1, -0.05) is 60.8 Å². The number of fused-ring (bicyclic) bond motifs is 5. The average Bonchev–Trinajstić information content (AvgIpc) is 2.92. The Morgan fingerprint density at radius 1 is 1.00 bits per heavy atom. The predicted octanol–water partition coefficient (Wildman–Crippen LogP) is 6.83. The Balaban J connectivity index is 1.51. The number of amides is 1. The molecule has 1 aliphatic heterocycles. The quantitative estimate of drug-likeness (QED) is 0.537. The van der Waals surface area contributed by atoms with Crippen molar-refractivity contribution in [2.75, 3.05) is 0 Å². The SMILES string of the molecule is CC(C)CCC[C@@H](C)[C@H]1C(C)C[C@H]2[C@@H]3CC[C@H]4NC(=O)CC[C@]4(C)[C@H]3CC[C@]12C. The first-order chi connectivity index (χ1) is 13.7. The Kier molecular flexibility index (Phi) is 5.88. The van der Waals surface area contributed by atoms with Crippen LogP contribution in [0.15, 0.2) is 0 Å². The minimum absolute atomic E-state index is 0.302. The summed E-state index contributed by atoms with van der Waals surface area (Å²) in [7, 11) is 0. The molecule has 4 rings (SSSR count). The van der Waals surface area contributed by atoms with Crippen LogP contribution in [-0.2, 0) is 4.79 Å². The highest BCUT2D eigenvalue weighted by Gasteiger charge is 2.62. The van der Waals surface area contributed by atoms with Crippen LogP contribution < -0.4 is 5.32 Å². The van der Waals surface area contributed by atoms with Crippen LogP contribution in [0.5, 0.6) is 0 Å². The lowest BCUT2D eigenvalue weighted by Gasteiger charge is -2.60. The molecule has 9 atom stereocenters. The highest BCUT2D eigenvalue weighted by molar-refractivity contribution is 5.77. The third-order valence-corrected chi connectivity index (χ3v) is 10.6. The van der Waals surface area contributed by atoms with Crippen LogP contribution in [0.4, 0.5) is 0 Å². The minimum atomic E-state index is 0.302. The summed E-state index contributed by atoms with van der Waals surface area (Å²) in [6, 6.07) is 0.443. The zero-order chi connectivity index (χ0) is 21.0. The van der Waals surface area contributed by atoms with E-state index in [0.29, 0.717) is 22.8 Å². The average molecular weight is 402 g/mol. The number of rotatable bonds is 5. The molecule has 0 aromatic rings. The monoisotopic (exact) mass is 401 g/mol. The number of hydrogen-bond acceptors (Lipinski definition) is 1. The number of piperidine rings is 1. The first kappa shape index (κ1) is 21.7. The van der Waals surface area contributed by atoms with E-state index in [2.05, 4.69) is 46.9 Å². The van der Waals surface area contributed by atoms with Gasteiger partial charge in [0.2, 0.25) is 5.91 Å². The molecule has 2 nitrogen and oxygen atoms in total. The lowest BCUT2D eigenvalue weighted by molar-refractivity contribution is -0.137. The molecule has 2 heteroatoms. The van der Waals surface area contributed by atoms with Gasteiger partial charge in [0.25, 0.3) is 0 Å². The molecule has 1 amide bonds. The molecule has 0 spiro atoms. The Morgan fingerprint density at radius 2 is 1.76 bits per heavy atom. The molecule has 1 heterocycles. The van der Waals surface area contributed by atoms with Gasteiger partial charge in [-0.15, -0.1) is 0 Å². The normalized spacial score (nSPS) is 47.9. The molecule has 1 unspecified atom stereocenters. The van der Waals surface area contributed by atoms with Gasteiger partial charge in [-0.25, -0.2) is 0 Å². The number of nitrogens with one attached hydrogen (secondary N) is 1. The van der Waals surface area contributed by atoms with Crippen LogP contribution in [0.2, 0.25) is 0 Å². The first-order valence-electron chi connectivity index (χ1n) is 13.0. The van der Waals surface area contributed by atoms with E-state index in [1.54, 1.807) is 0 Å². The number of carbonyl (C=O) groups excluding carboxylic acids is 1. The summed E-state index contributed by atoms with van der Waals surface area (Å²) in [5, 5.41) is 3.39. The van der Waals surface area contributed by atoms with Gasteiger partial charge in [-0.2, -0.15) is 0 Å². The summed E-state index contributed by atoms with van der Waals surface area (Å²) in [5.41, 5.74) is 0.904. The molecular formula is C27H47NO. The van der Waals surface area contributed by atoms with Crippen molar-refractivity contribution >= 4 is 5.91 Å². The van der Waals surface area contributed by atoms with Gasteiger partial charge in [0.15, 0.2) is 0 Å². The van der Waals surface area contributed by atoms with Crippen molar-refractivity contribution < 1.29 is 4.79 Å². The summed E-state index contributed by atoms with van der Waals surface area (Å²) in [6.45, 7) is 15.1. The molecular weight excluding hydrogens is 354 g/mol. The summed E-state index contributed by atoms with van der Waals surface area (Å²) in [5.74, 6) is 6.47. The smallest absolute Gasteiger partial charge is 0.220 e. The second kappa shape index (κ2) is 7.86. The van der Waals surface area contributed by atoms with E-state index in [1.165, 1.54) is 51.4 Å². The maximum Gasteiger partial charge on any atom is 0.220 e. The van der Waals surface area contributed by atoms with Crippen LogP contribution in [0.3, 0.4) is 0 Å². The van der Waals surface area contributed by atoms with Crippen molar-refractivity contribution in [3.63, 3.8) is 0 Å². The summed E-state index contributed by atoms with van der Waals surface area (Å²) in [4.78, 5) is 12.0. The highest BCUT2D eigenvalue weighted by Crippen LogP contribution is 2.68. The van der Waals surface area contributed by atoms with Gasteiger partial charge in [-0.3, -0.25) is 4.79 Å². The van der Waals surface area contributed by atoms with E-state index in [0.717, 1.165) is 54.3 Å². The molecule has 4 aliphatic rings. The van der Waals surface area contributed by atoms with E-state index in [9.17, 15) is 4.79 Å². The van der Waals surface area contributed by atoms with E-state index in [4.69, 9.17) is 0 Å². The molecule has 29 heavy (non-hydrogen) atoms. The van der Waals surface area contributed by atoms with Crippen LogP contribution in [0, 0.1) is 52.3 Å². The lowest BCUT2D eigenvalue weighted by Crippen LogP contribution is -2.61. The second-order valence-corrected chi connectivity index (χ2v) is 12.7. The predicted molar refractivity (Wildman–Crippen MR) is 121 cm³/mol. The molecule has 0 bridgehead atoms. The second-order valence-electron chi connectivity index (χ2n) is 12.7. The van der Waals surface area contributed by atoms with Crippen LogP contribution in [-0.4, -0.2) is 11.9 Å². The Bertz CT molecular complexity index is 614. The van der Waals surface area contributed by atoms with Crippen LogP contribution in [0.1, 0.15) is 106 Å². The summed E-state index contributed by atoms with van der Waals surface area (Å²) in [6.07, 6.45) is 13.0. The van der Waals surface area contributed by atoms with Crippen molar-refractivity contribution in [1.82, 2.24) is 5.32 Å². The van der Waals surface area contributed by atoms with Crippen molar-refractivity contribution in [3.05, 3.63) is 0 Å². The third kappa shape index (κ3) is 3.59. The molecule has 1 saturated heterocycles. The maximum atomic E-state index is 12.0. The van der Waals surface area contributed by atoms with Crippen molar-refractivity contribution in [3.8, 4) is 0 Å². The Hall–Kier alpha value is -0.530. The first-order valence-corrected chi connectivity index (χ1v) is 13.0. The fourth-order valence-electron chi connectivity index (χ4n) is 9.34. The van der Waals surface area contributed by atoms with E-state index >= 15 is 0 Å². The minimum Gasteiger partial charge on any atom is -0.353 e. The van der Waals surface area contributed by atoms with Crippen molar-refractivity contribution in [2.24, 2.45) is 52.3 Å². The fraction of sp³-hybridized carbons (Fsp3) is 0.963. The van der Waals surface area contributed by atoms with Gasteiger partial charge in [0, 0.05) is 12.5 Å². The molecule has 3 aliphatic carbocycles. The van der Waals surface area contributed by atoms with Gasteiger partial charge in [0.1, 0.15) is 0 Å². The van der Waals surface area contributed by atoms with Gasteiger partial charge in [0.05, 0.1) is 0 Å². The molecule has 1 N–H and O–H groups in total. The molecule has 3 saturated carbocycles. The van der Waals surface area contributed by atoms with Gasteiger partial charge in [-0.05, 0) is 90.8 Å². The van der Waals surface area contributed by atoms with E-state index in [-0.39, 0.29) is 0 Å². The van der Waals surface area contributed by atoms with Gasteiger partial charge < -0.3 is 5.32 Å². The van der Waals surface area contributed by atoms with E-state index < -0.39 is 0 Å². The standard InChI is InChI=1S/C27H47NO/c1-17(2)8-7-9-18(3)25-19(4)16-22-20-10-11-23-26(5,15-13-24(29)28-23)21(20)12-14-27(22,25)6/h17-23,25H,7-16H2,1-6H3,(H,28,29)/t18-,19?,20-,21+,22+,23-,25+,26-,27+/m1/s1. The van der Waals surface area contributed by atoms with Gasteiger partial charge >= 0.3 is 0 Å². The largest absolute Gasteiger partial charge is 0.353 e. The topological polar surface area (TPSA) is 29.1 Å². The van der Waals surface area contributed by atoms with Crippen LogP contribution >= 0.6 is 0 Å². The summed E-state index contributed by atoms with van der Waals surface area (Å²) >= 11 is 0. The fourth-order valence-corrected chi connectivity index (χ4v) is 9.34. The molecule has 0 aromatic heterocycles. The third-order valence-electron chi connectivity index (χ3n) is 10.6. The molecule has 0 radical (unpaired) electrons. The van der Waals surface area contributed by atoms with Crippen molar-refractivity contribution in [2.45, 2.75) is 112 Å². The molecule has 166 valence electrons. The van der Waals surface area contributed by atoms with E-state index in [1.807, 2.05) is 0 Å². The Labute approximate surface area is 180 Å². The molecule has 4 fully saturated rings. The Morgan fingerprint density at radius 3 is 2.48 bits per heavy atom. The van der Waals surface area contributed by atoms with Crippen LogP contribution in [0.25, 0.3) is 0 Å². The number of carbonyl (C=O) groups is 1. The summed E-state index contributed by atoms with van der Waals surface area (Å²) < 4.78 is 0. The zero-order valence-electron chi connectivity index (χ0n) is 20.1. The highest BCUT2D eigenvalue weighted by atomic mass is 16.1. The lowest BCUT2D eigenvalue weighted by atomic mass is 9.46. The molecule has 0 aromatic carbocycles. The number of hydrogen-bond donors (Lipinski definition) is 1. The maximum absolute atomic E-state index is 12.0.